The van der Waals surface area contributed by atoms with Gasteiger partial charge < -0.3 is 10.1 Å². The van der Waals surface area contributed by atoms with E-state index in [1.165, 1.54) is 12.3 Å². The van der Waals surface area contributed by atoms with E-state index in [1.807, 2.05) is 25.1 Å². The normalized spacial score (nSPS) is 10.2. The lowest BCUT2D eigenvalue weighted by Gasteiger charge is -2.10. The number of nitrogens with one attached hydrogen (secondary N) is 1. The second-order valence-electron chi connectivity index (χ2n) is 4.62. The zero-order chi connectivity index (χ0) is 15.2. The van der Waals surface area contributed by atoms with Crippen LogP contribution in [0.5, 0.6) is 5.75 Å². The van der Waals surface area contributed by atoms with Crippen LogP contribution in [-0.4, -0.2) is 23.6 Å². The van der Waals surface area contributed by atoms with E-state index in [9.17, 15) is 10.1 Å². The number of pyridine rings is 1. The standard InChI is InChI=1S/C15H17N3O3/c1-11-5-6-14(21-2)12(10-11)7-9-17-15-13(18(19)20)4-3-8-16-15/h3-6,8,10H,7,9H2,1-2H3,(H,16,17). The molecule has 6 nitrogen and oxygen atoms in total. The van der Waals surface area contributed by atoms with Gasteiger partial charge in [0.25, 0.3) is 0 Å². The Morgan fingerprint density at radius 3 is 2.90 bits per heavy atom. The van der Waals surface area contributed by atoms with Gasteiger partial charge in [-0.25, -0.2) is 4.98 Å². The number of nitro groups is 1. The van der Waals surface area contributed by atoms with E-state index in [1.54, 1.807) is 13.2 Å². The van der Waals surface area contributed by atoms with Gasteiger partial charge in [0.1, 0.15) is 5.75 Å². The third-order valence-corrected chi connectivity index (χ3v) is 3.11. The molecule has 0 spiro atoms. The predicted molar refractivity (Wildman–Crippen MR) is 80.8 cm³/mol. The third kappa shape index (κ3) is 3.68. The van der Waals surface area contributed by atoms with Gasteiger partial charge >= 0.3 is 5.69 Å². The number of nitrogens with zero attached hydrogens (tertiary/aromatic N) is 2. The summed E-state index contributed by atoms with van der Waals surface area (Å²) in [5.74, 6) is 1.10. The highest BCUT2D eigenvalue weighted by Gasteiger charge is 2.13. The summed E-state index contributed by atoms with van der Waals surface area (Å²) < 4.78 is 5.31. The van der Waals surface area contributed by atoms with E-state index in [2.05, 4.69) is 10.3 Å². The monoisotopic (exact) mass is 287 g/mol. The number of hydrogen-bond donors (Lipinski definition) is 1. The van der Waals surface area contributed by atoms with Gasteiger partial charge in [0, 0.05) is 18.8 Å². The molecule has 0 aliphatic rings. The Morgan fingerprint density at radius 1 is 1.38 bits per heavy atom. The van der Waals surface area contributed by atoms with E-state index in [-0.39, 0.29) is 11.5 Å². The molecule has 0 atom stereocenters. The van der Waals surface area contributed by atoms with Crippen LogP contribution in [0.2, 0.25) is 0 Å². The molecular formula is C15H17N3O3. The quantitative estimate of drug-likeness (QED) is 0.653. The second-order valence-corrected chi connectivity index (χ2v) is 4.62. The Kier molecular flexibility index (Phi) is 4.71. The minimum atomic E-state index is -0.442. The first-order valence-corrected chi connectivity index (χ1v) is 6.58. The Labute approximate surface area is 122 Å². The van der Waals surface area contributed by atoms with Crippen LogP contribution >= 0.6 is 0 Å². The highest BCUT2D eigenvalue weighted by atomic mass is 16.6. The number of hydrogen-bond acceptors (Lipinski definition) is 5. The van der Waals surface area contributed by atoms with Crippen LogP contribution in [-0.2, 0) is 6.42 Å². The third-order valence-electron chi connectivity index (χ3n) is 3.11. The molecule has 1 aromatic carbocycles. The Bertz CT molecular complexity index is 644. The lowest BCUT2D eigenvalue weighted by atomic mass is 10.1. The van der Waals surface area contributed by atoms with Crippen LogP contribution in [0.15, 0.2) is 36.5 Å². The van der Waals surface area contributed by atoms with Gasteiger partial charge in [0.2, 0.25) is 5.82 Å². The summed E-state index contributed by atoms with van der Waals surface area (Å²) in [4.78, 5) is 14.5. The van der Waals surface area contributed by atoms with Crippen molar-refractivity contribution >= 4 is 11.5 Å². The topological polar surface area (TPSA) is 77.3 Å². The predicted octanol–water partition coefficient (Wildman–Crippen LogP) is 2.96. The molecule has 0 saturated heterocycles. The molecule has 110 valence electrons. The number of benzene rings is 1. The summed E-state index contributed by atoms with van der Waals surface area (Å²) in [5.41, 5.74) is 2.19. The number of rotatable bonds is 6. The summed E-state index contributed by atoms with van der Waals surface area (Å²) >= 11 is 0. The minimum Gasteiger partial charge on any atom is -0.496 e. The van der Waals surface area contributed by atoms with Crippen molar-refractivity contribution in [3.63, 3.8) is 0 Å². The number of methoxy groups -OCH3 is 1. The molecule has 0 fully saturated rings. The van der Waals surface area contributed by atoms with Crippen molar-refractivity contribution in [2.45, 2.75) is 13.3 Å². The van der Waals surface area contributed by atoms with Gasteiger partial charge in [0.15, 0.2) is 0 Å². The average Bonchev–Trinajstić information content (AvgIpc) is 2.48. The summed E-state index contributed by atoms with van der Waals surface area (Å²) in [7, 11) is 1.63. The van der Waals surface area contributed by atoms with Crippen molar-refractivity contribution in [3.8, 4) is 5.75 Å². The molecule has 0 unspecified atom stereocenters. The molecule has 0 aliphatic heterocycles. The van der Waals surface area contributed by atoms with E-state index in [4.69, 9.17) is 4.74 Å². The Hall–Kier alpha value is -2.63. The van der Waals surface area contributed by atoms with Crippen molar-refractivity contribution in [1.29, 1.82) is 0 Å². The van der Waals surface area contributed by atoms with Crippen LogP contribution in [0.3, 0.4) is 0 Å². The van der Waals surface area contributed by atoms with E-state index in [0.717, 1.165) is 16.9 Å². The first kappa shape index (κ1) is 14.8. The van der Waals surface area contributed by atoms with Gasteiger partial charge in [-0.1, -0.05) is 17.7 Å². The average molecular weight is 287 g/mol. The van der Waals surface area contributed by atoms with Crippen molar-refractivity contribution in [1.82, 2.24) is 4.98 Å². The van der Waals surface area contributed by atoms with Crippen molar-refractivity contribution in [2.75, 3.05) is 19.0 Å². The number of aryl methyl sites for hydroxylation is 1. The lowest BCUT2D eigenvalue weighted by Crippen LogP contribution is -2.09. The molecule has 6 heteroatoms. The van der Waals surface area contributed by atoms with Crippen molar-refractivity contribution in [2.24, 2.45) is 0 Å². The molecule has 1 N–H and O–H groups in total. The molecule has 0 aliphatic carbocycles. The van der Waals surface area contributed by atoms with Crippen LogP contribution in [0.4, 0.5) is 11.5 Å². The maximum Gasteiger partial charge on any atom is 0.311 e. The Morgan fingerprint density at radius 2 is 2.19 bits per heavy atom. The highest BCUT2D eigenvalue weighted by molar-refractivity contribution is 5.55. The molecule has 0 radical (unpaired) electrons. The molecule has 2 aromatic rings. The maximum atomic E-state index is 10.9. The smallest absolute Gasteiger partial charge is 0.311 e. The highest BCUT2D eigenvalue weighted by Crippen LogP contribution is 2.22. The van der Waals surface area contributed by atoms with E-state index >= 15 is 0 Å². The molecule has 0 bridgehead atoms. The summed E-state index contributed by atoms with van der Waals surface area (Å²) in [6, 6.07) is 8.94. The largest absolute Gasteiger partial charge is 0.496 e. The second kappa shape index (κ2) is 6.69. The van der Waals surface area contributed by atoms with Gasteiger partial charge in [-0.2, -0.15) is 0 Å². The van der Waals surface area contributed by atoms with Crippen LogP contribution in [0, 0.1) is 17.0 Å². The molecule has 0 amide bonds. The fourth-order valence-corrected chi connectivity index (χ4v) is 2.10. The fourth-order valence-electron chi connectivity index (χ4n) is 2.10. The molecule has 1 heterocycles. The van der Waals surface area contributed by atoms with Crippen LogP contribution in [0.25, 0.3) is 0 Å². The molecule has 0 saturated carbocycles. The summed E-state index contributed by atoms with van der Waals surface area (Å²) in [6.45, 7) is 2.55. The van der Waals surface area contributed by atoms with Crippen LogP contribution in [0.1, 0.15) is 11.1 Å². The van der Waals surface area contributed by atoms with Gasteiger partial charge in [-0.15, -0.1) is 0 Å². The first-order valence-electron chi connectivity index (χ1n) is 6.58. The SMILES string of the molecule is COc1ccc(C)cc1CCNc1ncccc1[N+](=O)[O-]. The fraction of sp³-hybridized carbons (Fsp3) is 0.267. The Balaban J connectivity index is 2.05. The van der Waals surface area contributed by atoms with Gasteiger partial charge in [0.05, 0.1) is 12.0 Å². The number of ether oxygens (including phenoxy) is 1. The van der Waals surface area contributed by atoms with Gasteiger partial charge in [-0.05, 0) is 31.0 Å². The molecular weight excluding hydrogens is 270 g/mol. The zero-order valence-corrected chi connectivity index (χ0v) is 12.0. The molecule has 21 heavy (non-hydrogen) atoms. The van der Waals surface area contributed by atoms with E-state index in [0.29, 0.717) is 13.0 Å². The first-order chi connectivity index (χ1) is 10.1. The van der Waals surface area contributed by atoms with Crippen molar-refractivity contribution < 1.29 is 9.66 Å². The van der Waals surface area contributed by atoms with Gasteiger partial charge in [-0.3, -0.25) is 10.1 Å². The maximum absolute atomic E-state index is 10.9. The number of aromatic nitrogens is 1. The van der Waals surface area contributed by atoms with E-state index < -0.39 is 4.92 Å². The molecule has 1 aromatic heterocycles. The number of anilines is 1. The molecule has 2 rings (SSSR count). The van der Waals surface area contributed by atoms with Crippen molar-refractivity contribution in [3.05, 3.63) is 57.8 Å². The summed E-state index contributed by atoms with van der Waals surface area (Å²) in [6.07, 6.45) is 2.22. The zero-order valence-electron chi connectivity index (χ0n) is 12.0. The van der Waals surface area contributed by atoms with Crippen LogP contribution < -0.4 is 10.1 Å². The summed E-state index contributed by atoms with van der Waals surface area (Å²) in [5, 5.41) is 13.9. The minimum absolute atomic E-state index is 0.0197. The lowest BCUT2D eigenvalue weighted by molar-refractivity contribution is -0.384.